The van der Waals surface area contributed by atoms with Crippen LogP contribution in [-0.4, -0.2) is 59.8 Å². The molecule has 1 fully saturated rings. The summed E-state index contributed by atoms with van der Waals surface area (Å²) < 4.78 is 5.23. The first-order chi connectivity index (χ1) is 8.57. The molecule has 1 saturated heterocycles. The summed E-state index contributed by atoms with van der Waals surface area (Å²) in [5.41, 5.74) is -0.753. The molecule has 1 rings (SSSR count). The van der Waals surface area contributed by atoms with Gasteiger partial charge in [0.2, 0.25) is 5.91 Å². The minimum absolute atomic E-state index is 0.107. The smallest absolute Gasteiger partial charge is 0.232 e. The van der Waals surface area contributed by atoms with E-state index in [1.54, 1.807) is 23.7 Å². The molecule has 0 radical (unpaired) electrons. The van der Waals surface area contributed by atoms with Crippen LogP contribution in [0.25, 0.3) is 0 Å². The van der Waals surface area contributed by atoms with Crippen molar-refractivity contribution in [2.45, 2.75) is 38.2 Å². The van der Waals surface area contributed by atoms with Gasteiger partial charge in [-0.15, -0.1) is 0 Å². The second kappa shape index (κ2) is 8.02. The molecule has 0 aromatic heterocycles. The third-order valence-electron chi connectivity index (χ3n) is 3.25. The molecule has 1 amide bonds. The van der Waals surface area contributed by atoms with Gasteiger partial charge in [0.1, 0.15) is 0 Å². The number of amides is 1. The van der Waals surface area contributed by atoms with Crippen molar-refractivity contribution in [3.05, 3.63) is 0 Å². The van der Waals surface area contributed by atoms with E-state index in [-0.39, 0.29) is 5.91 Å². The number of likely N-dealkylation sites (N-methyl/N-ethyl adjacent to an activating group) is 1. The zero-order chi connectivity index (χ0) is 13.4. The van der Waals surface area contributed by atoms with Gasteiger partial charge in [0.25, 0.3) is 0 Å². The van der Waals surface area contributed by atoms with Gasteiger partial charge in [-0.25, -0.2) is 0 Å². The fraction of sp³-hybridized carbons (Fsp3) is 0.923. The minimum Gasteiger partial charge on any atom is -0.388 e. The Balaban J connectivity index is 2.25. The van der Waals surface area contributed by atoms with Crippen molar-refractivity contribution < 1.29 is 14.6 Å². The molecule has 0 aromatic rings. The molecule has 0 spiro atoms. The summed E-state index contributed by atoms with van der Waals surface area (Å²) in [5, 5.41) is 10.3. The Labute approximate surface area is 114 Å². The van der Waals surface area contributed by atoms with Gasteiger partial charge in [-0.2, -0.15) is 11.8 Å². The van der Waals surface area contributed by atoms with Crippen molar-refractivity contribution in [3.8, 4) is 0 Å². The Morgan fingerprint density at radius 2 is 2.11 bits per heavy atom. The number of rotatable bonds is 7. The summed E-state index contributed by atoms with van der Waals surface area (Å²) in [6, 6.07) is 0. The molecule has 1 heterocycles. The Hall–Kier alpha value is -0.260. The van der Waals surface area contributed by atoms with Crippen LogP contribution in [-0.2, 0) is 9.53 Å². The largest absolute Gasteiger partial charge is 0.388 e. The third-order valence-corrected chi connectivity index (χ3v) is 4.28. The van der Waals surface area contributed by atoms with Crippen LogP contribution in [0.4, 0.5) is 0 Å². The molecule has 0 atom stereocenters. The highest BCUT2D eigenvalue weighted by molar-refractivity contribution is 7.99. The molecular weight excluding hydrogens is 250 g/mol. The maximum Gasteiger partial charge on any atom is 0.232 e. The number of carbonyl (C=O) groups excluding carboxylic acids is 1. The lowest BCUT2D eigenvalue weighted by atomic mass is 9.94. The standard InChI is InChI=1S/C13H25NO3S/c1-3-4-9-18-10-12(15)14(2)11-13(16)5-7-17-8-6-13/h16H,3-11H2,1-2H3. The predicted molar refractivity (Wildman–Crippen MR) is 74.9 cm³/mol. The summed E-state index contributed by atoms with van der Waals surface area (Å²) in [4.78, 5) is 13.5. The summed E-state index contributed by atoms with van der Waals surface area (Å²) in [6.45, 7) is 3.74. The first kappa shape index (κ1) is 15.8. The predicted octanol–water partition coefficient (Wildman–Crippen LogP) is 1.52. The van der Waals surface area contributed by atoms with Gasteiger partial charge in [-0.3, -0.25) is 4.79 Å². The lowest BCUT2D eigenvalue weighted by Crippen LogP contribution is -2.47. The number of thioether (sulfide) groups is 1. The van der Waals surface area contributed by atoms with Crippen LogP contribution in [0.15, 0.2) is 0 Å². The maximum absolute atomic E-state index is 11.9. The van der Waals surface area contributed by atoms with Crippen LogP contribution < -0.4 is 0 Å². The van der Waals surface area contributed by atoms with E-state index in [0.717, 1.165) is 18.6 Å². The number of hydrogen-bond acceptors (Lipinski definition) is 4. The van der Waals surface area contributed by atoms with Crippen molar-refractivity contribution in [1.29, 1.82) is 0 Å². The second-order valence-electron chi connectivity index (χ2n) is 4.99. The quantitative estimate of drug-likeness (QED) is 0.716. The molecule has 18 heavy (non-hydrogen) atoms. The highest BCUT2D eigenvalue weighted by Crippen LogP contribution is 2.21. The summed E-state index contributed by atoms with van der Waals surface area (Å²) in [5.74, 6) is 1.66. The lowest BCUT2D eigenvalue weighted by Gasteiger charge is -2.35. The molecule has 0 aliphatic carbocycles. The van der Waals surface area contributed by atoms with E-state index in [9.17, 15) is 9.90 Å². The van der Waals surface area contributed by atoms with Gasteiger partial charge >= 0.3 is 0 Å². The van der Waals surface area contributed by atoms with E-state index in [1.807, 2.05) is 0 Å². The minimum atomic E-state index is -0.753. The molecular formula is C13H25NO3S. The fourth-order valence-corrected chi connectivity index (χ4v) is 2.99. The average molecular weight is 275 g/mol. The first-order valence-electron chi connectivity index (χ1n) is 6.69. The van der Waals surface area contributed by atoms with Crippen molar-refractivity contribution >= 4 is 17.7 Å². The van der Waals surface area contributed by atoms with E-state index in [0.29, 0.717) is 38.4 Å². The van der Waals surface area contributed by atoms with Gasteiger partial charge in [-0.05, 0) is 12.2 Å². The third kappa shape index (κ3) is 5.59. The topological polar surface area (TPSA) is 49.8 Å². The normalized spacial score (nSPS) is 18.6. The Morgan fingerprint density at radius 1 is 1.44 bits per heavy atom. The summed E-state index contributed by atoms with van der Waals surface area (Å²) in [7, 11) is 1.77. The first-order valence-corrected chi connectivity index (χ1v) is 7.85. The Bertz CT molecular complexity index is 255. The van der Waals surface area contributed by atoms with Crippen LogP contribution in [0, 0.1) is 0 Å². The van der Waals surface area contributed by atoms with Crippen molar-refractivity contribution in [1.82, 2.24) is 4.90 Å². The molecule has 4 nitrogen and oxygen atoms in total. The van der Waals surface area contributed by atoms with Crippen molar-refractivity contribution in [2.24, 2.45) is 0 Å². The van der Waals surface area contributed by atoms with E-state index < -0.39 is 5.60 Å². The van der Waals surface area contributed by atoms with Crippen LogP contribution in [0.5, 0.6) is 0 Å². The number of nitrogens with zero attached hydrogens (tertiary/aromatic N) is 1. The van der Waals surface area contributed by atoms with Gasteiger partial charge in [0.05, 0.1) is 11.4 Å². The average Bonchev–Trinajstić information content (AvgIpc) is 2.34. The number of unbranched alkanes of at least 4 members (excludes halogenated alkanes) is 1. The number of ether oxygens (including phenoxy) is 1. The van der Waals surface area contributed by atoms with Gasteiger partial charge in [0, 0.05) is 39.6 Å². The molecule has 1 aliphatic heterocycles. The second-order valence-corrected chi connectivity index (χ2v) is 6.10. The molecule has 106 valence electrons. The zero-order valence-corrected chi connectivity index (χ0v) is 12.3. The molecule has 0 unspecified atom stereocenters. The van der Waals surface area contributed by atoms with Crippen molar-refractivity contribution in [3.63, 3.8) is 0 Å². The van der Waals surface area contributed by atoms with Crippen LogP contribution in [0.3, 0.4) is 0 Å². The van der Waals surface area contributed by atoms with Crippen LogP contribution in [0.1, 0.15) is 32.6 Å². The SMILES string of the molecule is CCCCSCC(=O)N(C)CC1(O)CCOCC1. The number of hydrogen-bond donors (Lipinski definition) is 1. The number of aliphatic hydroxyl groups is 1. The fourth-order valence-electron chi connectivity index (χ4n) is 1.96. The Kier molecular flexibility index (Phi) is 7.04. The van der Waals surface area contributed by atoms with Crippen LogP contribution >= 0.6 is 11.8 Å². The maximum atomic E-state index is 11.9. The molecule has 0 saturated carbocycles. The molecule has 5 heteroatoms. The molecule has 1 aliphatic rings. The van der Waals surface area contributed by atoms with Crippen LogP contribution in [0.2, 0.25) is 0 Å². The highest BCUT2D eigenvalue weighted by atomic mass is 32.2. The molecule has 1 N–H and O–H groups in total. The number of carbonyl (C=O) groups is 1. The van der Waals surface area contributed by atoms with Crippen molar-refractivity contribution in [2.75, 3.05) is 38.3 Å². The van der Waals surface area contributed by atoms with E-state index in [1.165, 1.54) is 0 Å². The molecule has 0 bridgehead atoms. The van der Waals surface area contributed by atoms with E-state index in [2.05, 4.69) is 6.92 Å². The highest BCUT2D eigenvalue weighted by Gasteiger charge is 2.32. The van der Waals surface area contributed by atoms with E-state index in [4.69, 9.17) is 4.74 Å². The Morgan fingerprint density at radius 3 is 2.72 bits per heavy atom. The lowest BCUT2D eigenvalue weighted by molar-refractivity contribution is -0.134. The monoisotopic (exact) mass is 275 g/mol. The zero-order valence-electron chi connectivity index (χ0n) is 11.5. The van der Waals surface area contributed by atoms with Gasteiger partial charge in [-0.1, -0.05) is 13.3 Å². The molecule has 0 aromatic carbocycles. The summed E-state index contributed by atoms with van der Waals surface area (Å²) >= 11 is 1.68. The van der Waals surface area contributed by atoms with Gasteiger partial charge in [0.15, 0.2) is 0 Å². The van der Waals surface area contributed by atoms with E-state index >= 15 is 0 Å². The summed E-state index contributed by atoms with van der Waals surface area (Å²) in [6.07, 6.45) is 3.56. The van der Waals surface area contributed by atoms with Gasteiger partial charge < -0.3 is 14.7 Å².